The summed E-state index contributed by atoms with van der Waals surface area (Å²) in [7, 11) is 0. The summed E-state index contributed by atoms with van der Waals surface area (Å²) in [5, 5.41) is 5.43. The van der Waals surface area contributed by atoms with Crippen LogP contribution in [0, 0.1) is 0 Å². The highest BCUT2D eigenvalue weighted by molar-refractivity contribution is 5.70. The molecule has 0 saturated heterocycles. The highest BCUT2D eigenvalue weighted by atomic mass is 16.6. The van der Waals surface area contributed by atoms with Gasteiger partial charge >= 0.3 is 12.2 Å². The Morgan fingerprint density at radius 2 is 1.28 bits per heavy atom. The number of carbonyl (C=O) groups excluding carboxylic acids is 2. The van der Waals surface area contributed by atoms with Gasteiger partial charge in [0.1, 0.15) is 0 Å². The topological polar surface area (TPSA) is 112 Å². The highest BCUT2D eigenvalue weighted by Gasteiger charge is 2.11. The molecule has 0 bridgehead atoms. The number of aromatic nitrogens is 2. The van der Waals surface area contributed by atoms with Gasteiger partial charge in [0.15, 0.2) is 0 Å². The number of hydrogen-bond acceptors (Lipinski definition) is 7. The molecule has 2 atom stereocenters. The quantitative estimate of drug-likeness (QED) is 0.588. The zero-order valence-electron chi connectivity index (χ0n) is 16.5. The van der Waals surface area contributed by atoms with Crippen LogP contribution in [0.3, 0.4) is 0 Å². The molecule has 0 aliphatic heterocycles. The van der Waals surface area contributed by atoms with Gasteiger partial charge in [0.25, 0.3) is 0 Å². The lowest BCUT2D eigenvalue weighted by Crippen LogP contribution is -2.36. The first kappa shape index (κ1) is 22.1. The molecule has 0 aromatic carbocycles. The lowest BCUT2D eigenvalue weighted by molar-refractivity contribution is 0.116. The summed E-state index contributed by atoms with van der Waals surface area (Å²) in [6, 6.07) is 9.94. The van der Waals surface area contributed by atoms with E-state index in [0.717, 1.165) is 0 Å². The molecular formula is C20H26N4O5. The third kappa shape index (κ3) is 9.52. The molecule has 0 fully saturated rings. The third-order valence-electron chi connectivity index (χ3n) is 3.79. The number of carbonyl (C=O) groups is 2. The number of amides is 2. The minimum atomic E-state index is -0.555. The van der Waals surface area contributed by atoms with Crippen LogP contribution < -0.4 is 20.1 Å². The van der Waals surface area contributed by atoms with E-state index in [2.05, 4.69) is 20.6 Å². The fourth-order valence-electron chi connectivity index (χ4n) is 2.23. The van der Waals surface area contributed by atoms with Gasteiger partial charge in [-0.3, -0.25) is 0 Å². The largest absolute Gasteiger partial charge is 0.414 e. The molecule has 2 heterocycles. The lowest BCUT2D eigenvalue weighted by atomic mass is 10.2. The first-order valence-electron chi connectivity index (χ1n) is 9.39. The molecule has 9 nitrogen and oxygen atoms in total. The van der Waals surface area contributed by atoms with Crippen molar-refractivity contribution >= 4 is 12.2 Å². The van der Waals surface area contributed by atoms with Crippen LogP contribution in [0.5, 0.6) is 11.8 Å². The molecule has 0 aliphatic carbocycles. The molecule has 2 N–H and O–H groups in total. The van der Waals surface area contributed by atoms with Crippen LogP contribution in [-0.2, 0) is 4.74 Å². The van der Waals surface area contributed by atoms with Crippen LogP contribution in [0.15, 0.2) is 48.8 Å². The first-order valence-corrected chi connectivity index (χ1v) is 9.39. The lowest BCUT2D eigenvalue weighted by Gasteiger charge is -2.15. The second-order valence-electron chi connectivity index (χ2n) is 6.40. The second-order valence-corrected chi connectivity index (χ2v) is 6.40. The van der Waals surface area contributed by atoms with E-state index in [4.69, 9.17) is 14.2 Å². The van der Waals surface area contributed by atoms with Crippen molar-refractivity contribution in [2.75, 3.05) is 13.2 Å². The molecular weight excluding hydrogens is 376 g/mol. The predicted octanol–water partition coefficient (Wildman–Crippen LogP) is 2.93. The summed E-state index contributed by atoms with van der Waals surface area (Å²) in [6.07, 6.45) is 3.24. The van der Waals surface area contributed by atoms with Gasteiger partial charge in [-0.2, -0.15) is 0 Å². The fourth-order valence-corrected chi connectivity index (χ4v) is 2.23. The number of ether oxygens (including phenoxy) is 3. The van der Waals surface area contributed by atoms with Gasteiger partial charge < -0.3 is 24.8 Å². The van der Waals surface area contributed by atoms with Crippen LogP contribution in [-0.4, -0.2) is 47.5 Å². The summed E-state index contributed by atoms with van der Waals surface area (Å²) in [5.74, 6) is 0.494. The molecule has 2 amide bonds. The first-order chi connectivity index (χ1) is 14.0. The Morgan fingerprint density at radius 1 is 0.828 bits per heavy atom. The summed E-state index contributed by atoms with van der Waals surface area (Å²) in [5.41, 5.74) is 0. The Kier molecular flexibility index (Phi) is 9.37. The minimum absolute atomic E-state index is 0.116. The smallest absolute Gasteiger partial charge is 0.391 e. The molecule has 2 aromatic rings. The number of hydrogen-bond donors (Lipinski definition) is 2. The van der Waals surface area contributed by atoms with E-state index in [1.165, 1.54) is 0 Å². The molecule has 0 aliphatic rings. The van der Waals surface area contributed by atoms with Gasteiger partial charge in [0.2, 0.25) is 11.8 Å². The molecule has 0 saturated carbocycles. The Labute approximate surface area is 169 Å². The zero-order valence-corrected chi connectivity index (χ0v) is 16.5. The maximum absolute atomic E-state index is 11.8. The fraction of sp³-hybridized carbons (Fsp3) is 0.400. The maximum atomic E-state index is 11.8. The Balaban J connectivity index is 1.52. The van der Waals surface area contributed by atoms with Crippen molar-refractivity contribution < 1.29 is 23.8 Å². The van der Waals surface area contributed by atoms with Gasteiger partial charge in [-0.1, -0.05) is 12.1 Å². The van der Waals surface area contributed by atoms with E-state index in [9.17, 15) is 9.59 Å². The average Bonchev–Trinajstić information content (AvgIpc) is 2.69. The number of pyridine rings is 2. The minimum Gasteiger partial charge on any atom is -0.391 e. The van der Waals surface area contributed by atoms with Crippen LogP contribution >= 0.6 is 0 Å². The average molecular weight is 402 g/mol. The summed E-state index contributed by atoms with van der Waals surface area (Å²) in [4.78, 5) is 31.4. The van der Waals surface area contributed by atoms with Crippen LogP contribution in [0.25, 0.3) is 0 Å². The van der Waals surface area contributed by atoms with Crippen LogP contribution in [0.1, 0.15) is 26.7 Å². The van der Waals surface area contributed by atoms with Gasteiger partial charge in [-0.15, -0.1) is 0 Å². The summed E-state index contributed by atoms with van der Waals surface area (Å²) in [6.45, 7) is 4.66. The van der Waals surface area contributed by atoms with Crippen molar-refractivity contribution in [3.05, 3.63) is 48.8 Å². The predicted molar refractivity (Wildman–Crippen MR) is 106 cm³/mol. The monoisotopic (exact) mass is 402 g/mol. The van der Waals surface area contributed by atoms with E-state index in [1.54, 1.807) is 48.8 Å². The van der Waals surface area contributed by atoms with Crippen LogP contribution in [0.4, 0.5) is 9.59 Å². The molecule has 9 heteroatoms. The SMILES string of the molecule is CC(CCOCCC(C)NC(=O)Oc1ccccn1)NC(=O)Oc1ccccn1. The molecule has 2 rings (SSSR count). The molecule has 156 valence electrons. The number of nitrogens with zero attached hydrogens (tertiary/aromatic N) is 2. The molecule has 2 aromatic heterocycles. The molecule has 0 spiro atoms. The van der Waals surface area contributed by atoms with Crippen molar-refractivity contribution in [2.45, 2.75) is 38.8 Å². The normalized spacial score (nSPS) is 12.5. The van der Waals surface area contributed by atoms with Gasteiger partial charge in [0, 0.05) is 49.8 Å². The maximum Gasteiger partial charge on any atom is 0.414 e. The summed E-state index contributed by atoms with van der Waals surface area (Å²) >= 11 is 0. The van der Waals surface area contributed by atoms with E-state index in [0.29, 0.717) is 26.1 Å². The van der Waals surface area contributed by atoms with Gasteiger partial charge in [0.05, 0.1) is 0 Å². The van der Waals surface area contributed by atoms with Crippen molar-refractivity contribution in [2.24, 2.45) is 0 Å². The van der Waals surface area contributed by atoms with E-state index < -0.39 is 12.2 Å². The van der Waals surface area contributed by atoms with Gasteiger partial charge in [-0.25, -0.2) is 19.6 Å². The number of nitrogens with one attached hydrogen (secondary N) is 2. The van der Waals surface area contributed by atoms with E-state index in [1.807, 2.05) is 13.8 Å². The van der Waals surface area contributed by atoms with E-state index in [-0.39, 0.29) is 23.8 Å². The second kappa shape index (κ2) is 12.3. The third-order valence-corrected chi connectivity index (χ3v) is 3.79. The highest BCUT2D eigenvalue weighted by Crippen LogP contribution is 2.05. The standard InChI is InChI=1S/C20H26N4O5/c1-15(23-19(25)28-17-7-3-5-11-21-17)9-13-27-14-10-16(2)24-20(26)29-18-8-4-6-12-22-18/h3-8,11-12,15-16H,9-10,13-14H2,1-2H3,(H,23,25)(H,24,26). The number of rotatable bonds is 10. The van der Waals surface area contributed by atoms with Crippen molar-refractivity contribution in [3.63, 3.8) is 0 Å². The van der Waals surface area contributed by atoms with Crippen molar-refractivity contribution in [1.82, 2.24) is 20.6 Å². The van der Waals surface area contributed by atoms with Crippen LogP contribution in [0.2, 0.25) is 0 Å². The summed E-state index contributed by atoms with van der Waals surface area (Å²) < 4.78 is 15.7. The molecule has 29 heavy (non-hydrogen) atoms. The Bertz CT molecular complexity index is 682. The molecule has 0 radical (unpaired) electrons. The van der Waals surface area contributed by atoms with Gasteiger partial charge in [-0.05, 0) is 38.8 Å². The van der Waals surface area contributed by atoms with E-state index >= 15 is 0 Å². The zero-order chi connectivity index (χ0) is 20.9. The Morgan fingerprint density at radius 3 is 1.66 bits per heavy atom. The van der Waals surface area contributed by atoms with Crippen molar-refractivity contribution in [3.8, 4) is 11.8 Å². The molecule has 2 unspecified atom stereocenters. The van der Waals surface area contributed by atoms with Crippen molar-refractivity contribution in [1.29, 1.82) is 0 Å². The Hall–Kier alpha value is -3.20.